The molecule has 108 valence electrons. The molecule has 1 unspecified atom stereocenters. The van der Waals surface area contributed by atoms with Gasteiger partial charge < -0.3 is 10.6 Å². The standard InChI is InChI=1S/C17H19N3O/c1-20(16-9-10-19-11-15(16)18)17(21)14-8-4-6-12-5-2-3-7-13(12)14/h2-3,5,7,9-11,14H,4,6,8,18H2,1H3. The Hall–Kier alpha value is -2.36. The van der Waals surface area contributed by atoms with Crippen molar-refractivity contribution in [1.82, 2.24) is 4.98 Å². The predicted molar refractivity (Wildman–Crippen MR) is 84.2 cm³/mol. The van der Waals surface area contributed by atoms with Gasteiger partial charge in [0.05, 0.1) is 23.5 Å². The number of benzene rings is 1. The summed E-state index contributed by atoms with van der Waals surface area (Å²) in [4.78, 5) is 18.5. The smallest absolute Gasteiger partial charge is 0.234 e. The summed E-state index contributed by atoms with van der Waals surface area (Å²) in [7, 11) is 1.78. The number of hydrogen-bond acceptors (Lipinski definition) is 3. The monoisotopic (exact) mass is 281 g/mol. The number of amides is 1. The normalized spacial score (nSPS) is 17.1. The number of anilines is 2. The Bertz CT molecular complexity index is 669. The molecule has 2 aromatic rings. The molecule has 21 heavy (non-hydrogen) atoms. The summed E-state index contributed by atoms with van der Waals surface area (Å²) in [5.41, 5.74) is 9.62. The molecule has 3 rings (SSSR count). The number of rotatable bonds is 2. The lowest BCUT2D eigenvalue weighted by molar-refractivity contribution is -0.120. The van der Waals surface area contributed by atoms with Gasteiger partial charge in [0.1, 0.15) is 0 Å². The minimum absolute atomic E-state index is 0.0764. The third-order valence-electron chi connectivity index (χ3n) is 4.19. The van der Waals surface area contributed by atoms with Crippen LogP contribution in [0.2, 0.25) is 0 Å². The Labute approximate surface area is 124 Å². The number of carbonyl (C=O) groups excluding carboxylic acids is 1. The summed E-state index contributed by atoms with van der Waals surface area (Å²) >= 11 is 0. The molecule has 0 aliphatic heterocycles. The van der Waals surface area contributed by atoms with Gasteiger partial charge in [-0.3, -0.25) is 9.78 Å². The van der Waals surface area contributed by atoms with Crippen molar-refractivity contribution in [2.75, 3.05) is 17.7 Å². The fraction of sp³-hybridized carbons (Fsp3) is 0.294. The Kier molecular flexibility index (Phi) is 3.60. The van der Waals surface area contributed by atoms with Crippen molar-refractivity contribution in [2.45, 2.75) is 25.2 Å². The van der Waals surface area contributed by atoms with E-state index in [-0.39, 0.29) is 11.8 Å². The highest BCUT2D eigenvalue weighted by molar-refractivity contribution is 6.00. The van der Waals surface area contributed by atoms with Crippen LogP contribution in [0.5, 0.6) is 0 Å². The second kappa shape index (κ2) is 5.56. The topological polar surface area (TPSA) is 59.2 Å². The van der Waals surface area contributed by atoms with Crippen molar-refractivity contribution in [3.05, 3.63) is 53.9 Å². The summed E-state index contributed by atoms with van der Waals surface area (Å²) in [5.74, 6) is 0.0209. The maximum Gasteiger partial charge on any atom is 0.234 e. The molecule has 0 bridgehead atoms. The molecule has 2 N–H and O–H groups in total. The molecule has 1 heterocycles. The van der Waals surface area contributed by atoms with Gasteiger partial charge in [-0.05, 0) is 36.5 Å². The summed E-state index contributed by atoms with van der Waals surface area (Å²) in [5, 5.41) is 0. The van der Waals surface area contributed by atoms with Gasteiger partial charge in [-0.25, -0.2) is 0 Å². The molecule has 0 saturated heterocycles. The van der Waals surface area contributed by atoms with Gasteiger partial charge in [0.2, 0.25) is 5.91 Å². The molecule has 0 saturated carbocycles. The van der Waals surface area contributed by atoms with Crippen LogP contribution in [0.3, 0.4) is 0 Å². The highest BCUT2D eigenvalue weighted by atomic mass is 16.2. The van der Waals surface area contributed by atoms with Gasteiger partial charge in [-0.15, -0.1) is 0 Å². The van der Waals surface area contributed by atoms with Gasteiger partial charge >= 0.3 is 0 Å². The van der Waals surface area contributed by atoms with E-state index in [1.807, 2.05) is 12.1 Å². The van der Waals surface area contributed by atoms with Crippen LogP contribution in [-0.2, 0) is 11.2 Å². The van der Waals surface area contributed by atoms with Gasteiger partial charge in [0, 0.05) is 13.2 Å². The van der Waals surface area contributed by atoms with Crippen molar-refractivity contribution in [3.63, 3.8) is 0 Å². The van der Waals surface area contributed by atoms with Crippen LogP contribution in [0, 0.1) is 0 Å². The summed E-state index contributed by atoms with van der Waals surface area (Å²) in [6, 6.07) is 10.0. The van der Waals surface area contributed by atoms with Crippen LogP contribution >= 0.6 is 0 Å². The first-order chi connectivity index (χ1) is 10.2. The third-order valence-corrected chi connectivity index (χ3v) is 4.19. The molecule has 4 heteroatoms. The lowest BCUT2D eigenvalue weighted by Gasteiger charge is -2.29. The van der Waals surface area contributed by atoms with E-state index in [4.69, 9.17) is 5.73 Å². The van der Waals surface area contributed by atoms with E-state index in [9.17, 15) is 4.79 Å². The fourth-order valence-corrected chi connectivity index (χ4v) is 3.07. The van der Waals surface area contributed by atoms with Crippen molar-refractivity contribution in [3.8, 4) is 0 Å². The second-order valence-corrected chi connectivity index (χ2v) is 5.48. The highest BCUT2D eigenvalue weighted by Crippen LogP contribution is 2.34. The van der Waals surface area contributed by atoms with Crippen LogP contribution in [0.15, 0.2) is 42.7 Å². The zero-order chi connectivity index (χ0) is 14.8. The number of likely N-dealkylation sites (N-methyl/N-ethyl adjacent to an activating group) is 1. The number of nitrogens with zero attached hydrogens (tertiary/aromatic N) is 2. The van der Waals surface area contributed by atoms with Crippen LogP contribution in [0.1, 0.15) is 29.9 Å². The second-order valence-electron chi connectivity index (χ2n) is 5.48. The lowest BCUT2D eigenvalue weighted by atomic mass is 9.82. The number of aryl methyl sites for hydroxylation is 1. The highest BCUT2D eigenvalue weighted by Gasteiger charge is 2.29. The molecule has 1 aliphatic rings. The zero-order valence-corrected chi connectivity index (χ0v) is 12.1. The molecule has 1 aliphatic carbocycles. The molecule has 0 radical (unpaired) electrons. The van der Waals surface area contributed by atoms with E-state index >= 15 is 0 Å². The summed E-state index contributed by atoms with van der Waals surface area (Å²) in [6.45, 7) is 0. The first-order valence-corrected chi connectivity index (χ1v) is 7.23. The SMILES string of the molecule is CN(C(=O)C1CCCc2ccccc21)c1ccncc1N. The summed E-state index contributed by atoms with van der Waals surface area (Å²) in [6.07, 6.45) is 6.23. The Balaban J connectivity index is 1.91. The van der Waals surface area contributed by atoms with Crippen molar-refractivity contribution < 1.29 is 4.79 Å². The van der Waals surface area contributed by atoms with E-state index in [1.54, 1.807) is 30.4 Å². The van der Waals surface area contributed by atoms with Crippen molar-refractivity contribution >= 4 is 17.3 Å². The summed E-state index contributed by atoms with van der Waals surface area (Å²) < 4.78 is 0. The van der Waals surface area contributed by atoms with E-state index in [2.05, 4.69) is 17.1 Å². The third kappa shape index (κ3) is 2.49. The van der Waals surface area contributed by atoms with Crippen molar-refractivity contribution in [1.29, 1.82) is 0 Å². The molecular formula is C17H19N3O. The average Bonchev–Trinajstić information content (AvgIpc) is 2.53. The average molecular weight is 281 g/mol. The number of fused-ring (bicyclic) bond motifs is 1. The maximum absolute atomic E-state index is 12.9. The van der Waals surface area contributed by atoms with Gasteiger partial charge in [-0.1, -0.05) is 24.3 Å². The number of nitrogens with two attached hydrogens (primary N) is 1. The van der Waals surface area contributed by atoms with E-state index in [1.165, 1.54) is 5.56 Å². The molecule has 1 atom stereocenters. The zero-order valence-electron chi connectivity index (χ0n) is 12.1. The molecule has 0 spiro atoms. The van der Waals surface area contributed by atoms with Gasteiger partial charge in [0.25, 0.3) is 0 Å². The number of pyridine rings is 1. The van der Waals surface area contributed by atoms with E-state index in [0.717, 1.165) is 30.5 Å². The lowest BCUT2D eigenvalue weighted by Crippen LogP contribution is -2.33. The molecule has 1 aromatic heterocycles. The van der Waals surface area contributed by atoms with Crippen LogP contribution in [0.4, 0.5) is 11.4 Å². The first kappa shape index (κ1) is 13.6. The molecule has 1 amide bonds. The molecule has 0 fully saturated rings. The number of hydrogen-bond donors (Lipinski definition) is 1. The Morgan fingerprint density at radius 1 is 1.33 bits per heavy atom. The maximum atomic E-state index is 12.9. The molecule has 1 aromatic carbocycles. The minimum atomic E-state index is -0.0764. The number of carbonyl (C=O) groups is 1. The predicted octanol–water partition coefficient (Wildman–Crippen LogP) is 2.75. The van der Waals surface area contributed by atoms with Gasteiger partial charge in [-0.2, -0.15) is 0 Å². The Morgan fingerprint density at radius 3 is 2.95 bits per heavy atom. The molecular weight excluding hydrogens is 262 g/mol. The van der Waals surface area contributed by atoms with Crippen LogP contribution < -0.4 is 10.6 Å². The van der Waals surface area contributed by atoms with E-state index < -0.39 is 0 Å². The van der Waals surface area contributed by atoms with E-state index in [0.29, 0.717) is 5.69 Å². The fourth-order valence-electron chi connectivity index (χ4n) is 3.07. The van der Waals surface area contributed by atoms with Crippen molar-refractivity contribution in [2.24, 2.45) is 0 Å². The number of aromatic nitrogens is 1. The van der Waals surface area contributed by atoms with Gasteiger partial charge in [0.15, 0.2) is 0 Å². The number of nitrogen functional groups attached to an aromatic ring is 1. The van der Waals surface area contributed by atoms with Crippen LogP contribution in [0.25, 0.3) is 0 Å². The molecule has 4 nitrogen and oxygen atoms in total. The van der Waals surface area contributed by atoms with Crippen LogP contribution in [-0.4, -0.2) is 17.9 Å². The Morgan fingerprint density at radius 2 is 2.14 bits per heavy atom. The largest absolute Gasteiger partial charge is 0.396 e. The minimum Gasteiger partial charge on any atom is -0.396 e. The quantitative estimate of drug-likeness (QED) is 0.920. The first-order valence-electron chi connectivity index (χ1n) is 7.23.